The molecule has 1 rings (SSSR count). The topological polar surface area (TPSA) is 66.4 Å². The van der Waals surface area contributed by atoms with E-state index in [9.17, 15) is 9.59 Å². The van der Waals surface area contributed by atoms with Crippen molar-refractivity contribution in [2.24, 2.45) is 0 Å². The van der Waals surface area contributed by atoms with Gasteiger partial charge in [0, 0.05) is 11.4 Å². The highest BCUT2D eigenvalue weighted by atomic mass is 35.5. The zero-order chi connectivity index (χ0) is 15.0. The van der Waals surface area contributed by atoms with Crippen LogP contribution in [0.15, 0.2) is 36.9 Å². The van der Waals surface area contributed by atoms with Crippen molar-refractivity contribution in [2.45, 2.75) is 31.7 Å². The molecule has 0 aliphatic rings. The van der Waals surface area contributed by atoms with E-state index in [1.165, 1.54) is 0 Å². The highest BCUT2D eigenvalue weighted by Gasteiger charge is 2.19. The fourth-order valence-corrected chi connectivity index (χ4v) is 1.97. The van der Waals surface area contributed by atoms with E-state index >= 15 is 0 Å². The number of hydrogen-bond donors (Lipinski definition) is 2. The molecule has 0 unspecified atom stereocenters. The van der Waals surface area contributed by atoms with Gasteiger partial charge in [-0.3, -0.25) is 4.79 Å². The van der Waals surface area contributed by atoms with Gasteiger partial charge in [-0.15, -0.1) is 6.58 Å². The summed E-state index contributed by atoms with van der Waals surface area (Å²) < 4.78 is 0. The van der Waals surface area contributed by atoms with Gasteiger partial charge < -0.3 is 10.4 Å². The number of carbonyl (C=O) groups is 2. The Kier molecular flexibility index (Phi) is 6.81. The first kappa shape index (κ1) is 16.2. The van der Waals surface area contributed by atoms with Crippen molar-refractivity contribution in [3.63, 3.8) is 0 Å². The summed E-state index contributed by atoms with van der Waals surface area (Å²) in [6, 6.07) is 6.36. The number of amides is 1. The molecule has 0 aliphatic carbocycles. The number of carboxylic acid groups (broad SMARTS) is 1. The fraction of sp³-hybridized carbons (Fsp3) is 0.333. The first-order valence-electron chi connectivity index (χ1n) is 6.40. The summed E-state index contributed by atoms with van der Waals surface area (Å²) in [6.07, 6.45) is 3.28. The summed E-state index contributed by atoms with van der Waals surface area (Å²) in [6.45, 7) is 3.52. The predicted octanol–water partition coefficient (Wildman–Crippen LogP) is 2.81. The summed E-state index contributed by atoms with van der Waals surface area (Å²) in [5, 5.41) is 12.3. The number of carbonyl (C=O) groups excluding carboxylic acids is 1. The van der Waals surface area contributed by atoms with Crippen molar-refractivity contribution in [3.05, 3.63) is 47.5 Å². The van der Waals surface area contributed by atoms with Gasteiger partial charge in [-0.25, -0.2) is 4.79 Å². The first-order chi connectivity index (χ1) is 9.52. The third-order valence-electron chi connectivity index (χ3n) is 2.82. The largest absolute Gasteiger partial charge is 0.480 e. The van der Waals surface area contributed by atoms with Crippen LogP contribution in [0.25, 0.3) is 0 Å². The summed E-state index contributed by atoms with van der Waals surface area (Å²) in [5.74, 6) is -1.30. The summed E-state index contributed by atoms with van der Waals surface area (Å²) in [5.41, 5.74) is 0.948. The Morgan fingerprint density at radius 1 is 1.45 bits per heavy atom. The van der Waals surface area contributed by atoms with Crippen LogP contribution in [0.1, 0.15) is 24.8 Å². The molecule has 108 valence electrons. The molecular weight excluding hydrogens is 278 g/mol. The molecule has 5 heteroatoms. The van der Waals surface area contributed by atoms with Crippen LogP contribution in [0.3, 0.4) is 0 Å². The van der Waals surface area contributed by atoms with Gasteiger partial charge in [0.05, 0.1) is 0 Å². The zero-order valence-corrected chi connectivity index (χ0v) is 11.9. The van der Waals surface area contributed by atoms with Crippen LogP contribution in [0.2, 0.25) is 5.02 Å². The average molecular weight is 296 g/mol. The molecule has 0 saturated carbocycles. The lowest BCUT2D eigenvalue weighted by Gasteiger charge is -2.14. The maximum absolute atomic E-state index is 11.5. The van der Waals surface area contributed by atoms with E-state index in [2.05, 4.69) is 11.9 Å². The highest BCUT2D eigenvalue weighted by molar-refractivity contribution is 6.30. The Morgan fingerprint density at radius 3 is 2.80 bits per heavy atom. The number of carboxylic acids is 1. The second kappa shape index (κ2) is 8.38. The molecule has 4 nitrogen and oxygen atoms in total. The molecule has 0 fully saturated rings. The van der Waals surface area contributed by atoms with Crippen molar-refractivity contribution in [1.29, 1.82) is 0 Å². The van der Waals surface area contributed by atoms with E-state index in [4.69, 9.17) is 16.7 Å². The fourth-order valence-electron chi connectivity index (χ4n) is 1.76. The number of rotatable bonds is 8. The maximum Gasteiger partial charge on any atom is 0.326 e. The number of nitrogens with one attached hydrogen (secondary N) is 1. The quantitative estimate of drug-likeness (QED) is 0.725. The first-order valence-corrected chi connectivity index (χ1v) is 6.78. The number of aryl methyl sites for hydroxylation is 1. The minimum atomic E-state index is -1.03. The van der Waals surface area contributed by atoms with Gasteiger partial charge in [-0.05, 0) is 37.0 Å². The van der Waals surface area contributed by atoms with Crippen LogP contribution < -0.4 is 5.32 Å². The normalized spacial score (nSPS) is 11.7. The van der Waals surface area contributed by atoms with E-state index in [1.54, 1.807) is 18.2 Å². The van der Waals surface area contributed by atoms with Gasteiger partial charge in [0.15, 0.2) is 0 Å². The molecule has 1 amide bonds. The molecule has 0 spiro atoms. The lowest BCUT2D eigenvalue weighted by molar-refractivity contribution is -0.142. The van der Waals surface area contributed by atoms with Crippen LogP contribution in [0, 0.1) is 0 Å². The molecule has 1 atom stereocenters. The third kappa shape index (κ3) is 5.89. The Morgan fingerprint density at radius 2 is 2.20 bits per heavy atom. The van der Waals surface area contributed by atoms with Crippen LogP contribution in [0.5, 0.6) is 0 Å². The standard InChI is InChI=1S/C15H18ClNO3/c1-2-3-7-14(18)17-13(15(19)20)9-8-11-5-4-6-12(16)10-11/h2,4-6,10,13H,1,3,7-9H2,(H,17,18)(H,19,20)/t13-/m0/s1. The Labute approximate surface area is 123 Å². The SMILES string of the molecule is C=CCCC(=O)N[C@@H](CCc1cccc(Cl)c1)C(=O)O. The van der Waals surface area contributed by atoms with Gasteiger partial charge in [0.2, 0.25) is 5.91 Å². The molecule has 1 aromatic rings. The zero-order valence-electron chi connectivity index (χ0n) is 11.1. The van der Waals surface area contributed by atoms with Crippen LogP contribution in [0.4, 0.5) is 0 Å². The van der Waals surface area contributed by atoms with Gasteiger partial charge in [-0.2, -0.15) is 0 Å². The van der Waals surface area contributed by atoms with E-state index in [0.717, 1.165) is 5.56 Å². The molecule has 1 aromatic carbocycles. The summed E-state index contributed by atoms with van der Waals surface area (Å²) in [7, 11) is 0. The van der Waals surface area contributed by atoms with Gasteiger partial charge in [0.1, 0.15) is 6.04 Å². The van der Waals surface area contributed by atoms with Crippen molar-refractivity contribution < 1.29 is 14.7 Å². The van der Waals surface area contributed by atoms with E-state index in [1.807, 2.05) is 12.1 Å². The monoisotopic (exact) mass is 295 g/mol. The van der Waals surface area contributed by atoms with Crippen LogP contribution >= 0.6 is 11.6 Å². The second-order valence-corrected chi connectivity index (χ2v) is 4.89. The van der Waals surface area contributed by atoms with Crippen LogP contribution in [-0.2, 0) is 16.0 Å². The number of allylic oxidation sites excluding steroid dienone is 1. The van der Waals surface area contributed by atoms with Gasteiger partial charge in [-0.1, -0.05) is 29.8 Å². The molecule has 0 aromatic heterocycles. The van der Waals surface area contributed by atoms with E-state index < -0.39 is 12.0 Å². The molecule has 0 aliphatic heterocycles. The molecule has 20 heavy (non-hydrogen) atoms. The van der Waals surface area contributed by atoms with E-state index in [-0.39, 0.29) is 12.3 Å². The van der Waals surface area contributed by atoms with Crippen LogP contribution in [-0.4, -0.2) is 23.0 Å². The lowest BCUT2D eigenvalue weighted by atomic mass is 10.1. The van der Waals surface area contributed by atoms with Gasteiger partial charge in [0.25, 0.3) is 0 Å². The Bertz CT molecular complexity index is 488. The molecular formula is C15H18ClNO3. The van der Waals surface area contributed by atoms with Crippen molar-refractivity contribution in [1.82, 2.24) is 5.32 Å². The van der Waals surface area contributed by atoms with E-state index in [0.29, 0.717) is 24.3 Å². The van der Waals surface area contributed by atoms with Crippen molar-refractivity contribution in [2.75, 3.05) is 0 Å². The molecule has 0 heterocycles. The number of benzene rings is 1. The average Bonchev–Trinajstić information content (AvgIpc) is 2.41. The highest BCUT2D eigenvalue weighted by Crippen LogP contribution is 2.13. The van der Waals surface area contributed by atoms with Gasteiger partial charge >= 0.3 is 5.97 Å². The smallest absolute Gasteiger partial charge is 0.326 e. The second-order valence-electron chi connectivity index (χ2n) is 4.45. The predicted molar refractivity (Wildman–Crippen MR) is 78.8 cm³/mol. The maximum atomic E-state index is 11.5. The van der Waals surface area contributed by atoms with Crippen molar-refractivity contribution in [3.8, 4) is 0 Å². The summed E-state index contributed by atoms with van der Waals surface area (Å²) in [4.78, 5) is 22.7. The molecule has 2 N–H and O–H groups in total. The Balaban J connectivity index is 2.53. The minimum absolute atomic E-state index is 0.254. The summed E-state index contributed by atoms with van der Waals surface area (Å²) >= 11 is 5.87. The minimum Gasteiger partial charge on any atom is -0.480 e. The number of hydrogen-bond acceptors (Lipinski definition) is 2. The molecule has 0 radical (unpaired) electrons. The lowest BCUT2D eigenvalue weighted by Crippen LogP contribution is -2.40. The number of halogens is 1. The Hall–Kier alpha value is -1.81. The third-order valence-corrected chi connectivity index (χ3v) is 3.05. The number of aliphatic carboxylic acids is 1. The molecule has 0 saturated heterocycles. The van der Waals surface area contributed by atoms with Crippen molar-refractivity contribution >= 4 is 23.5 Å². The molecule has 0 bridgehead atoms.